The largest absolute Gasteiger partial charge is 0.355 e. The Labute approximate surface area is 98.4 Å². The molecule has 16 heavy (non-hydrogen) atoms. The lowest BCUT2D eigenvalue weighted by atomic mass is 9.74. The number of piperidine rings is 1. The summed E-state index contributed by atoms with van der Waals surface area (Å²) in [6.45, 7) is 5.09. The van der Waals surface area contributed by atoms with Crippen LogP contribution in [0.3, 0.4) is 0 Å². The van der Waals surface area contributed by atoms with Gasteiger partial charge in [0.15, 0.2) is 0 Å². The van der Waals surface area contributed by atoms with Crippen molar-refractivity contribution in [3.05, 3.63) is 0 Å². The van der Waals surface area contributed by atoms with Crippen LogP contribution in [0.4, 0.5) is 0 Å². The maximum absolute atomic E-state index is 12.3. The van der Waals surface area contributed by atoms with Gasteiger partial charge in [-0.25, -0.2) is 0 Å². The maximum atomic E-state index is 12.3. The van der Waals surface area contributed by atoms with Crippen molar-refractivity contribution in [2.24, 2.45) is 11.3 Å². The predicted molar refractivity (Wildman–Crippen MR) is 65.2 cm³/mol. The second kappa shape index (κ2) is 5.17. The van der Waals surface area contributed by atoms with Gasteiger partial charge in [0.25, 0.3) is 0 Å². The molecule has 0 bridgehead atoms. The molecule has 2 rings (SSSR count). The number of amides is 1. The minimum Gasteiger partial charge on any atom is -0.355 e. The van der Waals surface area contributed by atoms with Gasteiger partial charge in [0.05, 0.1) is 5.41 Å². The fourth-order valence-corrected chi connectivity index (χ4v) is 2.72. The van der Waals surface area contributed by atoms with Gasteiger partial charge in [0.2, 0.25) is 5.91 Å². The zero-order valence-electron chi connectivity index (χ0n) is 10.3. The number of hydrogen-bond donors (Lipinski definition) is 2. The second-order valence-electron chi connectivity index (χ2n) is 5.43. The van der Waals surface area contributed by atoms with Crippen LogP contribution in [0.5, 0.6) is 0 Å². The minimum atomic E-state index is -0.0606. The molecule has 1 saturated heterocycles. The van der Waals surface area contributed by atoms with Crippen LogP contribution in [0.25, 0.3) is 0 Å². The highest BCUT2D eigenvalue weighted by molar-refractivity contribution is 5.82. The predicted octanol–water partition coefficient (Wildman–Crippen LogP) is 1.68. The van der Waals surface area contributed by atoms with Crippen LogP contribution in [0.1, 0.15) is 45.4 Å². The van der Waals surface area contributed by atoms with Gasteiger partial charge in [0.1, 0.15) is 0 Å². The smallest absolute Gasteiger partial charge is 0.226 e. The highest BCUT2D eigenvalue weighted by atomic mass is 16.2. The molecule has 1 saturated carbocycles. The Balaban J connectivity index is 1.89. The summed E-state index contributed by atoms with van der Waals surface area (Å²) in [7, 11) is 0. The Morgan fingerprint density at radius 2 is 2.06 bits per heavy atom. The van der Waals surface area contributed by atoms with Crippen LogP contribution in [-0.2, 0) is 4.79 Å². The molecule has 1 amide bonds. The van der Waals surface area contributed by atoms with E-state index >= 15 is 0 Å². The number of carbonyl (C=O) groups excluding carboxylic acids is 1. The van der Waals surface area contributed by atoms with Gasteiger partial charge >= 0.3 is 0 Å². The SMILES string of the molecule is CCCC1(C(=O)NCC2CC2)CCNCC1. The average molecular weight is 224 g/mol. The number of nitrogens with one attached hydrogen (secondary N) is 2. The quantitative estimate of drug-likeness (QED) is 0.746. The summed E-state index contributed by atoms with van der Waals surface area (Å²) in [6.07, 6.45) is 6.79. The Hall–Kier alpha value is -0.570. The van der Waals surface area contributed by atoms with Crippen molar-refractivity contribution >= 4 is 5.91 Å². The zero-order chi connectivity index (χ0) is 11.4. The molecule has 0 aromatic carbocycles. The van der Waals surface area contributed by atoms with Gasteiger partial charge in [-0.15, -0.1) is 0 Å². The first-order valence-electron chi connectivity index (χ1n) is 6.76. The molecule has 0 unspecified atom stereocenters. The van der Waals surface area contributed by atoms with E-state index in [1.165, 1.54) is 12.8 Å². The molecule has 0 aromatic heterocycles. The van der Waals surface area contributed by atoms with Gasteiger partial charge < -0.3 is 10.6 Å². The van der Waals surface area contributed by atoms with Crippen LogP contribution >= 0.6 is 0 Å². The van der Waals surface area contributed by atoms with Crippen LogP contribution in [0.15, 0.2) is 0 Å². The van der Waals surface area contributed by atoms with E-state index in [-0.39, 0.29) is 5.41 Å². The summed E-state index contributed by atoms with van der Waals surface area (Å²) in [5, 5.41) is 6.52. The zero-order valence-corrected chi connectivity index (χ0v) is 10.3. The second-order valence-corrected chi connectivity index (χ2v) is 5.43. The van der Waals surface area contributed by atoms with Gasteiger partial charge in [-0.2, -0.15) is 0 Å². The first-order chi connectivity index (χ1) is 7.77. The highest BCUT2D eigenvalue weighted by Crippen LogP contribution is 2.35. The topological polar surface area (TPSA) is 41.1 Å². The van der Waals surface area contributed by atoms with Gasteiger partial charge in [-0.1, -0.05) is 13.3 Å². The molecule has 0 aromatic rings. The highest BCUT2D eigenvalue weighted by Gasteiger charge is 2.38. The Bertz CT molecular complexity index is 237. The van der Waals surface area contributed by atoms with Crippen molar-refractivity contribution in [2.45, 2.75) is 45.4 Å². The van der Waals surface area contributed by atoms with E-state index in [4.69, 9.17) is 0 Å². The van der Waals surface area contributed by atoms with E-state index in [1.54, 1.807) is 0 Å². The normalized spacial score (nSPS) is 24.1. The molecule has 1 aliphatic carbocycles. The van der Waals surface area contributed by atoms with Crippen LogP contribution in [0.2, 0.25) is 0 Å². The molecule has 92 valence electrons. The summed E-state index contributed by atoms with van der Waals surface area (Å²) >= 11 is 0. The molecule has 0 spiro atoms. The molecule has 3 nitrogen and oxygen atoms in total. The summed E-state index contributed by atoms with van der Waals surface area (Å²) in [4.78, 5) is 12.3. The molecule has 2 fully saturated rings. The van der Waals surface area contributed by atoms with Gasteiger partial charge in [-0.05, 0) is 51.1 Å². The summed E-state index contributed by atoms with van der Waals surface area (Å²) in [5.41, 5.74) is -0.0606. The molecular formula is C13H24N2O. The van der Waals surface area contributed by atoms with E-state index in [0.717, 1.165) is 51.2 Å². The van der Waals surface area contributed by atoms with E-state index in [0.29, 0.717) is 5.91 Å². The van der Waals surface area contributed by atoms with Gasteiger partial charge in [-0.3, -0.25) is 4.79 Å². The first-order valence-corrected chi connectivity index (χ1v) is 6.76. The van der Waals surface area contributed by atoms with Crippen molar-refractivity contribution in [2.75, 3.05) is 19.6 Å². The van der Waals surface area contributed by atoms with Crippen molar-refractivity contribution in [1.29, 1.82) is 0 Å². The molecule has 1 aliphatic heterocycles. The van der Waals surface area contributed by atoms with Crippen molar-refractivity contribution in [3.63, 3.8) is 0 Å². The third kappa shape index (κ3) is 2.76. The Kier molecular flexibility index (Phi) is 3.85. The molecule has 2 N–H and O–H groups in total. The van der Waals surface area contributed by atoms with Crippen molar-refractivity contribution < 1.29 is 4.79 Å². The summed E-state index contributed by atoms with van der Waals surface area (Å²) in [6, 6.07) is 0. The van der Waals surface area contributed by atoms with E-state index in [1.807, 2.05) is 0 Å². The van der Waals surface area contributed by atoms with Crippen molar-refractivity contribution in [1.82, 2.24) is 10.6 Å². The third-order valence-electron chi connectivity index (χ3n) is 4.02. The molecule has 0 radical (unpaired) electrons. The number of rotatable bonds is 5. The standard InChI is InChI=1S/C13H24N2O/c1-2-5-13(6-8-14-9-7-13)12(16)15-10-11-3-4-11/h11,14H,2-10H2,1H3,(H,15,16). The third-order valence-corrected chi connectivity index (χ3v) is 4.02. The Morgan fingerprint density at radius 1 is 1.38 bits per heavy atom. The summed E-state index contributed by atoms with van der Waals surface area (Å²) < 4.78 is 0. The van der Waals surface area contributed by atoms with Gasteiger partial charge in [0, 0.05) is 6.54 Å². The lowest BCUT2D eigenvalue weighted by Gasteiger charge is -2.36. The maximum Gasteiger partial charge on any atom is 0.226 e. The van der Waals surface area contributed by atoms with Crippen LogP contribution < -0.4 is 10.6 Å². The average Bonchev–Trinajstić information content (AvgIpc) is 3.11. The molecular weight excluding hydrogens is 200 g/mol. The lowest BCUT2D eigenvalue weighted by molar-refractivity contribution is -0.133. The first kappa shape index (κ1) is 11.9. The van der Waals surface area contributed by atoms with E-state index < -0.39 is 0 Å². The molecule has 3 heteroatoms. The number of hydrogen-bond acceptors (Lipinski definition) is 2. The fraction of sp³-hybridized carbons (Fsp3) is 0.923. The van der Waals surface area contributed by atoms with Crippen molar-refractivity contribution in [3.8, 4) is 0 Å². The summed E-state index contributed by atoms with van der Waals surface area (Å²) in [5.74, 6) is 1.10. The Morgan fingerprint density at radius 3 is 2.62 bits per heavy atom. The molecule has 0 atom stereocenters. The minimum absolute atomic E-state index is 0.0606. The van der Waals surface area contributed by atoms with Crippen LogP contribution in [-0.4, -0.2) is 25.5 Å². The molecule has 2 aliphatic rings. The molecule has 1 heterocycles. The van der Waals surface area contributed by atoms with Crippen LogP contribution in [0, 0.1) is 11.3 Å². The monoisotopic (exact) mass is 224 g/mol. The lowest BCUT2D eigenvalue weighted by Crippen LogP contribution is -2.48. The van der Waals surface area contributed by atoms with E-state index in [9.17, 15) is 4.79 Å². The van der Waals surface area contributed by atoms with E-state index in [2.05, 4.69) is 17.6 Å². The fourth-order valence-electron chi connectivity index (χ4n) is 2.72. The number of carbonyl (C=O) groups is 1.